The van der Waals surface area contributed by atoms with Crippen LogP contribution in [-0.2, 0) is 11.2 Å². The molecule has 2 aliphatic heterocycles. The number of carbonyl (C=O) groups is 1. The molecule has 0 aromatic heterocycles. The van der Waals surface area contributed by atoms with E-state index in [1.165, 1.54) is 51.6 Å². The molecule has 1 aromatic carbocycles. The molecule has 0 bridgehead atoms. The second kappa shape index (κ2) is 9.59. The molecule has 0 spiro atoms. The fourth-order valence-corrected chi connectivity index (χ4v) is 4.32. The van der Waals surface area contributed by atoms with Crippen molar-refractivity contribution in [1.82, 2.24) is 9.80 Å². The van der Waals surface area contributed by atoms with Crippen LogP contribution in [0.3, 0.4) is 0 Å². The van der Waals surface area contributed by atoms with Gasteiger partial charge >= 0.3 is 0 Å². The van der Waals surface area contributed by atoms with Gasteiger partial charge in [0.15, 0.2) is 0 Å². The maximum absolute atomic E-state index is 12.8. The minimum absolute atomic E-state index is 0.280. The first-order valence-electron chi connectivity index (χ1n) is 9.98. The van der Waals surface area contributed by atoms with Gasteiger partial charge in [-0.2, -0.15) is 0 Å². The molecule has 0 aliphatic carbocycles. The van der Waals surface area contributed by atoms with E-state index in [1.807, 2.05) is 24.3 Å². The molecule has 0 saturated carbocycles. The largest absolute Gasteiger partial charge is 0.339 e. The topological polar surface area (TPSA) is 23.6 Å². The number of carbonyl (C=O) groups excluding carboxylic acids is 1. The summed E-state index contributed by atoms with van der Waals surface area (Å²) in [7, 11) is 0. The summed E-state index contributed by atoms with van der Waals surface area (Å²) in [5, 5.41) is 0.726. The van der Waals surface area contributed by atoms with E-state index in [0.717, 1.165) is 36.5 Å². The van der Waals surface area contributed by atoms with Crippen molar-refractivity contribution in [1.29, 1.82) is 0 Å². The highest BCUT2D eigenvalue weighted by atomic mass is 35.5. The third-order valence-corrected chi connectivity index (χ3v) is 5.95. The van der Waals surface area contributed by atoms with Crippen LogP contribution in [0.15, 0.2) is 24.3 Å². The Labute approximate surface area is 157 Å². The number of piperidine rings is 1. The fraction of sp³-hybridized carbons (Fsp3) is 0.667. The van der Waals surface area contributed by atoms with E-state index >= 15 is 0 Å². The molecule has 0 N–H and O–H groups in total. The molecule has 2 heterocycles. The zero-order valence-corrected chi connectivity index (χ0v) is 16.0. The molecule has 138 valence electrons. The molecule has 25 heavy (non-hydrogen) atoms. The van der Waals surface area contributed by atoms with Gasteiger partial charge in [-0.15, -0.1) is 0 Å². The molecule has 4 heteroatoms. The van der Waals surface area contributed by atoms with Gasteiger partial charge in [-0.25, -0.2) is 0 Å². The third-order valence-electron chi connectivity index (χ3n) is 5.69. The van der Waals surface area contributed by atoms with Gasteiger partial charge in [0.05, 0.1) is 6.42 Å². The lowest BCUT2D eigenvalue weighted by Gasteiger charge is -2.37. The van der Waals surface area contributed by atoms with Crippen LogP contribution in [0.25, 0.3) is 0 Å². The Kier molecular flexibility index (Phi) is 7.18. The minimum Gasteiger partial charge on any atom is -0.339 e. The Morgan fingerprint density at radius 3 is 2.36 bits per heavy atom. The predicted octanol–water partition coefficient (Wildman–Crippen LogP) is 4.53. The van der Waals surface area contributed by atoms with Crippen LogP contribution in [0.1, 0.15) is 56.9 Å². The summed E-state index contributed by atoms with van der Waals surface area (Å²) in [6, 6.07) is 8.11. The lowest BCUT2D eigenvalue weighted by Crippen LogP contribution is -2.46. The molecule has 1 aromatic rings. The van der Waals surface area contributed by atoms with Crippen LogP contribution < -0.4 is 0 Å². The van der Waals surface area contributed by atoms with E-state index in [4.69, 9.17) is 11.6 Å². The average molecular weight is 363 g/mol. The number of hydrogen-bond acceptors (Lipinski definition) is 2. The van der Waals surface area contributed by atoms with Crippen LogP contribution >= 0.6 is 11.6 Å². The van der Waals surface area contributed by atoms with Gasteiger partial charge in [0.2, 0.25) is 5.91 Å². The summed E-state index contributed by atoms with van der Waals surface area (Å²) in [6.45, 7) is 4.56. The quantitative estimate of drug-likeness (QED) is 0.768. The van der Waals surface area contributed by atoms with E-state index < -0.39 is 0 Å². The van der Waals surface area contributed by atoms with Gasteiger partial charge in [0.1, 0.15) is 0 Å². The number of nitrogens with zero attached hydrogens (tertiary/aromatic N) is 2. The molecule has 2 fully saturated rings. The van der Waals surface area contributed by atoms with E-state index in [1.54, 1.807) is 0 Å². The summed E-state index contributed by atoms with van der Waals surface area (Å²) in [6.07, 6.45) is 10.6. The third kappa shape index (κ3) is 5.72. The zero-order valence-electron chi connectivity index (χ0n) is 15.3. The van der Waals surface area contributed by atoms with Crippen LogP contribution in [0, 0.1) is 0 Å². The summed E-state index contributed by atoms with van der Waals surface area (Å²) in [5.41, 5.74) is 1.06. The Morgan fingerprint density at radius 1 is 0.960 bits per heavy atom. The molecule has 1 amide bonds. The predicted molar refractivity (Wildman–Crippen MR) is 104 cm³/mol. The van der Waals surface area contributed by atoms with E-state index in [0.29, 0.717) is 12.5 Å². The van der Waals surface area contributed by atoms with Crippen molar-refractivity contribution in [2.45, 2.75) is 63.8 Å². The number of hydrogen-bond donors (Lipinski definition) is 0. The molecule has 0 unspecified atom stereocenters. The molecule has 2 aliphatic rings. The van der Waals surface area contributed by atoms with Crippen molar-refractivity contribution < 1.29 is 4.79 Å². The number of rotatable bonds is 5. The molecular weight excluding hydrogens is 332 g/mol. The Hall–Kier alpha value is -1.06. The molecule has 2 saturated heterocycles. The van der Waals surface area contributed by atoms with Gasteiger partial charge in [-0.1, -0.05) is 36.6 Å². The second-order valence-electron chi connectivity index (χ2n) is 7.58. The van der Waals surface area contributed by atoms with Crippen molar-refractivity contribution >= 4 is 17.5 Å². The van der Waals surface area contributed by atoms with Crippen LogP contribution in [0.2, 0.25) is 5.02 Å². The first kappa shape index (κ1) is 18.7. The van der Waals surface area contributed by atoms with E-state index in [-0.39, 0.29) is 5.91 Å². The van der Waals surface area contributed by atoms with Crippen molar-refractivity contribution in [3.63, 3.8) is 0 Å². The minimum atomic E-state index is 0.280. The Bertz CT molecular complexity index is 537. The Morgan fingerprint density at radius 2 is 1.64 bits per heavy atom. The SMILES string of the molecule is O=C(Cc1ccc(Cl)cc1)N1CCCC[C@H]1CCN1CCCCCC1. The lowest BCUT2D eigenvalue weighted by atomic mass is 9.98. The molecule has 1 atom stereocenters. The molecule has 3 nitrogen and oxygen atoms in total. The van der Waals surface area contributed by atoms with Gasteiger partial charge in [0.25, 0.3) is 0 Å². The standard InChI is InChI=1S/C21H31ClN2O/c22-19-10-8-18(9-11-19)17-21(25)24-15-6-3-7-20(24)12-16-23-13-4-1-2-5-14-23/h8-11,20H,1-7,12-17H2/t20-/m0/s1. The number of halogens is 1. The summed E-state index contributed by atoms with van der Waals surface area (Å²) < 4.78 is 0. The first-order chi connectivity index (χ1) is 12.2. The smallest absolute Gasteiger partial charge is 0.227 e. The van der Waals surface area contributed by atoms with Crippen LogP contribution in [0.4, 0.5) is 0 Å². The highest BCUT2D eigenvalue weighted by Crippen LogP contribution is 2.22. The van der Waals surface area contributed by atoms with Crippen molar-refractivity contribution in [2.24, 2.45) is 0 Å². The van der Waals surface area contributed by atoms with Gasteiger partial charge in [0, 0.05) is 24.2 Å². The van der Waals surface area contributed by atoms with Crippen LogP contribution in [-0.4, -0.2) is 47.9 Å². The zero-order chi connectivity index (χ0) is 17.5. The van der Waals surface area contributed by atoms with Crippen LogP contribution in [0.5, 0.6) is 0 Å². The van der Waals surface area contributed by atoms with E-state index in [9.17, 15) is 4.79 Å². The highest BCUT2D eigenvalue weighted by Gasteiger charge is 2.27. The van der Waals surface area contributed by atoms with Gasteiger partial charge in [-0.05, 0) is 69.3 Å². The Balaban J connectivity index is 1.54. The van der Waals surface area contributed by atoms with Gasteiger partial charge in [-0.3, -0.25) is 4.79 Å². The summed E-state index contributed by atoms with van der Waals surface area (Å²) >= 11 is 5.95. The second-order valence-corrected chi connectivity index (χ2v) is 8.02. The van der Waals surface area contributed by atoms with Gasteiger partial charge < -0.3 is 9.80 Å². The fourth-order valence-electron chi connectivity index (χ4n) is 4.20. The number of amides is 1. The molecular formula is C21H31ClN2O. The molecule has 3 rings (SSSR count). The van der Waals surface area contributed by atoms with Crippen molar-refractivity contribution in [3.05, 3.63) is 34.9 Å². The first-order valence-corrected chi connectivity index (χ1v) is 10.4. The summed E-state index contributed by atoms with van der Waals surface area (Å²) in [5.74, 6) is 0.280. The molecule has 0 radical (unpaired) electrons. The monoisotopic (exact) mass is 362 g/mol. The number of benzene rings is 1. The van der Waals surface area contributed by atoms with Crippen molar-refractivity contribution in [3.8, 4) is 0 Å². The maximum Gasteiger partial charge on any atom is 0.227 e. The average Bonchev–Trinajstić information content (AvgIpc) is 2.91. The lowest BCUT2D eigenvalue weighted by molar-refractivity contribution is -0.134. The normalized spacial score (nSPS) is 22.6. The van der Waals surface area contributed by atoms with Crippen molar-refractivity contribution in [2.75, 3.05) is 26.2 Å². The maximum atomic E-state index is 12.8. The highest BCUT2D eigenvalue weighted by molar-refractivity contribution is 6.30. The summed E-state index contributed by atoms with van der Waals surface area (Å²) in [4.78, 5) is 17.6. The number of likely N-dealkylation sites (tertiary alicyclic amines) is 2. The van der Waals surface area contributed by atoms with E-state index in [2.05, 4.69) is 9.80 Å².